The van der Waals surface area contributed by atoms with E-state index >= 15 is 0 Å². The molecule has 6 rings (SSSR count). The molecule has 1 aliphatic heterocycles. The van der Waals surface area contributed by atoms with Gasteiger partial charge in [-0.3, -0.25) is 9.59 Å². The topological polar surface area (TPSA) is 95.9 Å². The molecule has 5 aliphatic rings. The third-order valence-corrected chi connectivity index (χ3v) is 9.73. The minimum absolute atomic E-state index is 0.0366. The minimum Gasteiger partial charge on any atom is -0.497 e. The van der Waals surface area contributed by atoms with Crippen LogP contribution in [0.3, 0.4) is 0 Å². The number of benzene rings is 1. The zero-order chi connectivity index (χ0) is 26.2. The van der Waals surface area contributed by atoms with Crippen LogP contribution in [-0.2, 0) is 20.8 Å². The number of nitrogens with one attached hydrogen (secondary N) is 1. The Morgan fingerprint density at radius 3 is 2.27 bits per heavy atom. The number of likely N-dealkylation sites (tertiary alicyclic amines) is 1. The molecule has 2 N–H and O–H groups in total. The molecule has 1 heterocycles. The fourth-order valence-electron chi connectivity index (χ4n) is 8.37. The van der Waals surface area contributed by atoms with Gasteiger partial charge in [0, 0.05) is 19.4 Å². The number of carboxylic acids is 1. The number of hydrogen-bond donors (Lipinski definition) is 2. The molecule has 7 heteroatoms. The fraction of sp³-hybridized carbons (Fsp3) is 0.700. The number of rotatable bonds is 10. The maximum absolute atomic E-state index is 13.3. The van der Waals surface area contributed by atoms with Crippen LogP contribution < -0.4 is 10.1 Å². The molecule has 0 aromatic heterocycles. The van der Waals surface area contributed by atoms with Gasteiger partial charge in [0.1, 0.15) is 17.3 Å². The van der Waals surface area contributed by atoms with Gasteiger partial charge in [0.05, 0.1) is 7.11 Å². The molecular formula is C30H42N2O5. The Labute approximate surface area is 220 Å². The molecule has 0 spiro atoms. The van der Waals surface area contributed by atoms with Crippen molar-refractivity contribution in [3.63, 3.8) is 0 Å². The van der Waals surface area contributed by atoms with E-state index in [9.17, 15) is 19.5 Å². The Morgan fingerprint density at radius 2 is 1.70 bits per heavy atom. The van der Waals surface area contributed by atoms with Gasteiger partial charge in [-0.2, -0.15) is 0 Å². The zero-order valence-corrected chi connectivity index (χ0v) is 22.3. The van der Waals surface area contributed by atoms with E-state index in [4.69, 9.17) is 4.74 Å². The van der Waals surface area contributed by atoms with Crippen molar-refractivity contribution < 1.29 is 24.2 Å². The third-order valence-electron chi connectivity index (χ3n) is 9.73. The van der Waals surface area contributed by atoms with Crippen molar-refractivity contribution in [3.05, 3.63) is 29.8 Å². The number of methoxy groups -OCH3 is 1. The van der Waals surface area contributed by atoms with E-state index in [2.05, 4.69) is 5.32 Å². The van der Waals surface area contributed by atoms with Crippen LogP contribution in [0, 0.1) is 23.2 Å². The van der Waals surface area contributed by atoms with Crippen LogP contribution in [0.1, 0.15) is 83.1 Å². The molecule has 1 aromatic carbocycles. The molecule has 4 aliphatic carbocycles. The van der Waals surface area contributed by atoms with Crippen molar-refractivity contribution in [2.75, 3.05) is 13.7 Å². The fourth-order valence-corrected chi connectivity index (χ4v) is 8.37. The van der Waals surface area contributed by atoms with E-state index in [1.165, 1.54) is 45.4 Å². The summed E-state index contributed by atoms with van der Waals surface area (Å²) in [4.78, 5) is 40.4. The van der Waals surface area contributed by atoms with Crippen molar-refractivity contribution in [1.29, 1.82) is 0 Å². The average Bonchev–Trinajstić information content (AvgIpc) is 3.34. The maximum Gasteiger partial charge on any atom is 0.329 e. The van der Waals surface area contributed by atoms with Crippen molar-refractivity contribution in [3.8, 4) is 5.75 Å². The number of hydrogen-bond acceptors (Lipinski definition) is 4. The van der Waals surface area contributed by atoms with Gasteiger partial charge in [0.25, 0.3) is 0 Å². The van der Waals surface area contributed by atoms with E-state index in [0.29, 0.717) is 30.6 Å². The molecular weight excluding hydrogens is 468 g/mol. The highest BCUT2D eigenvalue weighted by atomic mass is 16.5. The van der Waals surface area contributed by atoms with Gasteiger partial charge < -0.3 is 20.1 Å². The van der Waals surface area contributed by atoms with E-state index in [-0.39, 0.29) is 18.2 Å². The number of aliphatic carboxylic acids is 1. The average molecular weight is 511 g/mol. The largest absolute Gasteiger partial charge is 0.497 e. The number of carbonyl (C=O) groups is 3. The Balaban J connectivity index is 1.16. The van der Waals surface area contributed by atoms with Crippen LogP contribution in [0.15, 0.2) is 24.3 Å². The van der Waals surface area contributed by atoms with Gasteiger partial charge >= 0.3 is 5.97 Å². The number of ether oxygens (including phenoxy) is 1. The summed E-state index contributed by atoms with van der Waals surface area (Å²) < 4.78 is 5.18. The smallest absolute Gasteiger partial charge is 0.329 e. The van der Waals surface area contributed by atoms with Crippen molar-refractivity contribution in [2.24, 2.45) is 23.2 Å². The Bertz CT molecular complexity index is 986. The first-order valence-corrected chi connectivity index (χ1v) is 14.2. The second-order valence-electron chi connectivity index (χ2n) is 12.7. The van der Waals surface area contributed by atoms with Gasteiger partial charge in [-0.15, -0.1) is 0 Å². The van der Waals surface area contributed by atoms with Gasteiger partial charge in [0.2, 0.25) is 11.8 Å². The summed E-state index contributed by atoms with van der Waals surface area (Å²) in [7, 11) is 1.58. The molecule has 202 valence electrons. The number of carbonyl (C=O) groups excluding carboxylic acids is 2. The highest BCUT2D eigenvalue weighted by Crippen LogP contribution is 2.61. The van der Waals surface area contributed by atoms with Crippen LogP contribution in [0.5, 0.6) is 5.75 Å². The second kappa shape index (κ2) is 10.3. The minimum atomic E-state index is -1.47. The lowest BCUT2D eigenvalue weighted by Crippen LogP contribution is -2.58. The van der Waals surface area contributed by atoms with Gasteiger partial charge in [-0.05, 0) is 112 Å². The van der Waals surface area contributed by atoms with E-state index in [1.54, 1.807) is 36.3 Å². The lowest BCUT2D eigenvalue weighted by molar-refractivity contribution is -0.148. The quantitative estimate of drug-likeness (QED) is 0.481. The SMILES string of the molecule is COc1ccc(C[C@](C)(NC(=O)[C@@H]2CCCN2C(=O)CCCC23CC4CC(CC(C4)C2)C3)C(=O)O)cc1. The number of nitrogens with zero attached hydrogens (tertiary/aromatic N) is 1. The third kappa shape index (κ3) is 5.51. The molecule has 0 radical (unpaired) electrons. The van der Waals surface area contributed by atoms with Gasteiger partial charge in [-0.25, -0.2) is 4.79 Å². The van der Waals surface area contributed by atoms with Crippen LogP contribution in [0.25, 0.3) is 0 Å². The van der Waals surface area contributed by atoms with Crippen LogP contribution >= 0.6 is 0 Å². The lowest BCUT2D eigenvalue weighted by atomic mass is 9.48. The summed E-state index contributed by atoms with van der Waals surface area (Å²) in [5, 5.41) is 12.8. The van der Waals surface area contributed by atoms with Crippen LogP contribution in [0.4, 0.5) is 0 Å². The molecule has 4 bridgehead atoms. The van der Waals surface area contributed by atoms with Crippen molar-refractivity contribution in [2.45, 2.75) is 95.6 Å². The van der Waals surface area contributed by atoms with Crippen molar-refractivity contribution in [1.82, 2.24) is 10.2 Å². The van der Waals surface area contributed by atoms with Gasteiger partial charge in [0.15, 0.2) is 0 Å². The molecule has 4 saturated carbocycles. The van der Waals surface area contributed by atoms with E-state index in [1.807, 2.05) is 0 Å². The Hall–Kier alpha value is -2.57. The van der Waals surface area contributed by atoms with Crippen molar-refractivity contribution >= 4 is 17.8 Å². The predicted octanol–water partition coefficient (Wildman–Crippen LogP) is 4.57. The summed E-state index contributed by atoms with van der Waals surface area (Å²) >= 11 is 0. The second-order valence-corrected chi connectivity index (χ2v) is 12.7. The lowest BCUT2D eigenvalue weighted by Gasteiger charge is -2.57. The first-order valence-electron chi connectivity index (χ1n) is 14.2. The summed E-state index contributed by atoms with van der Waals surface area (Å²) in [6.07, 6.45) is 12.3. The maximum atomic E-state index is 13.3. The molecule has 2 atom stereocenters. The van der Waals surface area contributed by atoms with Gasteiger partial charge in [-0.1, -0.05) is 12.1 Å². The molecule has 37 heavy (non-hydrogen) atoms. The highest BCUT2D eigenvalue weighted by molar-refractivity contribution is 5.92. The van der Waals surface area contributed by atoms with Crippen LogP contribution in [-0.4, -0.2) is 53.0 Å². The van der Waals surface area contributed by atoms with E-state index < -0.39 is 17.6 Å². The molecule has 1 aromatic rings. The first-order chi connectivity index (χ1) is 17.7. The normalized spacial score (nSPS) is 31.7. The van der Waals surface area contributed by atoms with Crippen LogP contribution in [0.2, 0.25) is 0 Å². The number of carboxylic acid groups (broad SMARTS) is 1. The predicted molar refractivity (Wildman–Crippen MR) is 140 cm³/mol. The summed E-state index contributed by atoms with van der Waals surface area (Å²) in [6, 6.07) is 6.57. The summed E-state index contributed by atoms with van der Waals surface area (Å²) in [5.41, 5.74) is -0.224. The number of amides is 2. The molecule has 5 fully saturated rings. The first kappa shape index (κ1) is 26.1. The molecule has 7 nitrogen and oxygen atoms in total. The Kier molecular flexibility index (Phi) is 7.25. The molecule has 1 saturated heterocycles. The standard InChI is InChI=1S/C30H42N2O5/c1-29(28(35)36,16-20-7-9-24(37-2)10-8-20)31-27(34)25-5-4-12-32(25)26(33)6-3-11-30-17-21-13-22(18-30)15-23(14-21)19-30/h7-10,21-23,25H,3-6,11-19H2,1-2H3,(H,31,34)(H,35,36)/t21?,22?,23?,25-,29-,30?/m0/s1. The highest BCUT2D eigenvalue weighted by Gasteiger charge is 2.50. The molecule has 0 unspecified atom stereocenters. The Morgan fingerprint density at radius 1 is 1.08 bits per heavy atom. The molecule has 2 amide bonds. The monoisotopic (exact) mass is 510 g/mol. The summed E-state index contributed by atoms with van der Waals surface area (Å²) in [6.45, 7) is 2.10. The summed E-state index contributed by atoms with van der Waals surface area (Å²) in [5.74, 6) is 2.00. The van der Waals surface area contributed by atoms with E-state index in [0.717, 1.165) is 42.6 Å². The zero-order valence-electron chi connectivity index (χ0n) is 22.3.